The molecular formula is C16H22N4O. The second-order valence-corrected chi connectivity index (χ2v) is 5.49. The number of ether oxygens (including phenoxy) is 1. The molecule has 1 aromatic carbocycles. The summed E-state index contributed by atoms with van der Waals surface area (Å²) in [6.45, 7) is 2.75. The molecule has 3 rings (SSSR count). The molecule has 0 aliphatic carbocycles. The summed E-state index contributed by atoms with van der Waals surface area (Å²) in [4.78, 5) is 7.06. The lowest BCUT2D eigenvalue weighted by atomic mass is 10.1. The second kappa shape index (κ2) is 6.28. The number of hydrogen-bond acceptors (Lipinski definition) is 5. The van der Waals surface area contributed by atoms with Crippen molar-refractivity contribution in [2.24, 2.45) is 5.84 Å². The van der Waals surface area contributed by atoms with Gasteiger partial charge in [0.15, 0.2) is 0 Å². The van der Waals surface area contributed by atoms with Gasteiger partial charge in [-0.1, -0.05) is 0 Å². The predicted octanol–water partition coefficient (Wildman–Crippen LogP) is 2.66. The van der Waals surface area contributed by atoms with E-state index in [1.165, 1.54) is 24.9 Å². The van der Waals surface area contributed by atoms with Gasteiger partial charge in [-0.15, -0.1) is 0 Å². The van der Waals surface area contributed by atoms with E-state index in [-0.39, 0.29) is 0 Å². The molecule has 5 nitrogen and oxygen atoms in total. The number of methoxy groups -OCH3 is 1. The fraction of sp³-hybridized carbons (Fsp3) is 0.438. The van der Waals surface area contributed by atoms with Gasteiger partial charge in [-0.25, -0.2) is 0 Å². The first-order valence-electron chi connectivity index (χ1n) is 7.46. The Bertz CT molecular complexity index is 623. The van der Waals surface area contributed by atoms with E-state index >= 15 is 0 Å². The summed E-state index contributed by atoms with van der Waals surface area (Å²) in [7, 11) is 1.67. The van der Waals surface area contributed by atoms with Crippen molar-refractivity contribution in [3.63, 3.8) is 0 Å². The van der Waals surface area contributed by atoms with E-state index in [0.717, 1.165) is 35.4 Å². The maximum absolute atomic E-state index is 5.68. The molecular weight excluding hydrogens is 264 g/mol. The summed E-state index contributed by atoms with van der Waals surface area (Å²) in [5, 5.41) is 1.06. The molecule has 1 aliphatic heterocycles. The van der Waals surface area contributed by atoms with Crippen molar-refractivity contribution in [2.75, 3.05) is 30.5 Å². The van der Waals surface area contributed by atoms with Gasteiger partial charge >= 0.3 is 0 Å². The molecule has 0 atom stereocenters. The molecule has 2 heterocycles. The van der Waals surface area contributed by atoms with Crippen LogP contribution in [0.2, 0.25) is 0 Å². The third-order valence-corrected chi connectivity index (χ3v) is 4.01. The molecule has 0 unspecified atom stereocenters. The number of aromatic nitrogens is 1. The summed E-state index contributed by atoms with van der Waals surface area (Å²) in [6.07, 6.45) is 3.87. The van der Waals surface area contributed by atoms with Gasteiger partial charge in [0.05, 0.1) is 23.5 Å². The third kappa shape index (κ3) is 2.94. The number of nitrogens with one attached hydrogen (secondary N) is 1. The zero-order chi connectivity index (χ0) is 14.7. The number of anilines is 2. The standard InChI is InChI=1S/C16H22N4O/c1-21-11-12-9-16(19-17)14-10-13(5-6-15(14)18-12)20-7-3-2-4-8-20/h5-6,9-10H,2-4,7-8,11,17H2,1H3,(H,18,19). The van der Waals surface area contributed by atoms with E-state index in [9.17, 15) is 0 Å². The highest BCUT2D eigenvalue weighted by atomic mass is 16.5. The summed E-state index contributed by atoms with van der Waals surface area (Å²) >= 11 is 0. The van der Waals surface area contributed by atoms with Crippen LogP contribution in [0.4, 0.5) is 11.4 Å². The van der Waals surface area contributed by atoms with Crippen molar-refractivity contribution < 1.29 is 4.74 Å². The molecule has 112 valence electrons. The van der Waals surface area contributed by atoms with E-state index in [4.69, 9.17) is 10.6 Å². The Kier molecular flexibility index (Phi) is 4.22. The van der Waals surface area contributed by atoms with Crippen LogP contribution in [-0.4, -0.2) is 25.2 Å². The molecule has 2 aromatic rings. The summed E-state index contributed by atoms with van der Waals surface area (Å²) in [5.74, 6) is 5.68. The molecule has 1 saturated heterocycles. The number of rotatable bonds is 4. The van der Waals surface area contributed by atoms with Crippen LogP contribution in [0.15, 0.2) is 24.3 Å². The minimum Gasteiger partial charge on any atom is -0.378 e. The van der Waals surface area contributed by atoms with Crippen molar-refractivity contribution in [2.45, 2.75) is 25.9 Å². The van der Waals surface area contributed by atoms with Crippen molar-refractivity contribution >= 4 is 22.3 Å². The molecule has 1 aliphatic rings. The highest BCUT2D eigenvalue weighted by Gasteiger charge is 2.13. The molecule has 0 bridgehead atoms. The number of hydrogen-bond donors (Lipinski definition) is 2. The van der Waals surface area contributed by atoms with Gasteiger partial charge in [0.25, 0.3) is 0 Å². The smallest absolute Gasteiger partial charge is 0.0885 e. The topological polar surface area (TPSA) is 63.4 Å². The first-order valence-corrected chi connectivity index (χ1v) is 7.46. The highest BCUT2D eigenvalue weighted by molar-refractivity contribution is 5.93. The Morgan fingerprint density at radius 3 is 2.76 bits per heavy atom. The number of nitrogens with zero attached hydrogens (tertiary/aromatic N) is 2. The van der Waals surface area contributed by atoms with Gasteiger partial charge in [0.2, 0.25) is 0 Å². The fourth-order valence-corrected chi connectivity index (χ4v) is 2.96. The van der Waals surface area contributed by atoms with Gasteiger partial charge in [-0.2, -0.15) is 0 Å². The third-order valence-electron chi connectivity index (χ3n) is 4.01. The van der Waals surface area contributed by atoms with Crippen LogP contribution < -0.4 is 16.2 Å². The van der Waals surface area contributed by atoms with Crippen LogP contribution in [0, 0.1) is 0 Å². The number of nitrogens with two attached hydrogens (primary N) is 1. The number of fused-ring (bicyclic) bond motifs is 1. The lowest BCUT2D eigenvalue weighted by Gasteiger charge is -2.29. The Balaban J connectivity index is 2.01. The molecule has 21 heavy (non-hydrogen) atoms. The molecule has 1 fully saturated rings. The Morgan fingerprint density at radius 1 is 1.24 bits per heavy atom. The molecule has 3 N–H and O–H groups in total. The van der Waals surface area contributed by atoms with Gasteiger partial charge < -0.3 is 15.1 Å². The summed E-state index contributed by atoms with van der Waals surface area (Å²) in [5.41, 5.74) is 6.75. The number of hydrazine groups is 1. The summed E-state index contributed by atoms with van der Waals surface area (Å²) in [6, 6.07) is 8.35. The molecule has 1 aromatic heterocycles. The molecule has 0 radical (unpaired) electrons. The van der Waals surface area contributed by atoms with E-state index in [1.54, 1.807) is 7.11 Å². The maximum Gasteiger partial charge on any atom is 0.0885 e. The minimum absolute atomic E-state index is 0.485. The van der Waals surface area contributed by atoms with Crippen molar-refractivity contribution in [1.82, 2.24) is 4.98 Å². The second-order valence-electron chi connectivity index (χ2n) is 5.49. The average molecular weight is 286 g/mol. The Hall–Kier alpha value is -1.85. The molecule has 5 heteroatoms. The lowest BCUT2D eigenvalue weighted by Crippen LogP contribution is -2.29. The average Bonchev–Trinajstić information content (AvgIpc) is 2.55. The number of nitrogen functional groups attached to an aromatic ring is 1. The number of pyridine rings is 1. The lowest BCUT2D eigenvalue weighted by molar-refractivity contribution is 0.182. The van der Waals surface area contributed by atoms with Crippen molar-refractivity contribution in [3.05, 3.63) is 30.0 Å². The maximum atomic E-state index is 5.68. The largest absolute Gasteiger partial charge is 0.378 e. The fourth-order valence-electron chi connectivity index (χ4n) is 2.96. The van der Waals surface area contributed by atoms with Gasteiger partial charge in [0.1, 0.15) is 0 Å². The Labute approximate surface area is 125 Å². The van der Waals surface area contributed by atoms with E-state index in [2.05, 4.69) is 33.5 Å². The number of benzene rings is 1. The van der Waals surface area contributed by atoms with Crippen LogP contribution in [0.5, 0.6) is 0 Å². The zero-order valence-corrected chi connectivity index (χ0v) is 12.4. The van der Waals surface area contributed by atoms with Crippen LogP contribution in [0.1, 0.15) is 25.0 Å². The first kappa shape index (κ1) is 14.1. The Morgan fingerprint density at radius 2 is 2.05 bits per heavy atom. The van der Waals surface area contributed by atoms with Crippen LogP contribution in [0.3, 0.4) is 0 Å². The highest BCUT2D eigenvalue weighted by Crippen LogP contribution is 2.29. The molecule has 0 saturated carbocycles. The SMILES string of the molecule is COCc1cc(NN)c2cc(N3CCCCC3)ccc2n1. The molecule has 0 spiro atoms. The first-order chi connectivity index (χ1) is 10.3. The van der Waals surface area contributed by atoms with Gasteiger partial charge in [0, 0.05) is 31.3 Å². The van der Waals surface area contributed by atoms with Crippen LogP contribution >= 0.6 is 0 Å². The summed E-state index contributed by atoms with van der Waals surface area (Å²) < 4.78 is 5.16. The predicted molar refractivity (Wildman–Crippen MR) is 86.3 cm³/mol. The quantitative estimate of drug-likeness (QED) is 0.668. The van der Waals surface area contributed by atoms with E-state index in [1.807, 2.05) is 6.07 Å². The van der Waals surface area contributed by atoms with E-state index in [0.29, 0.717) is 6.61 Å². The van der Waals surface area contributed by atoms with Crippen LogP contribution in [0.25, 0.3) is 10.9 Å². The zero-order valence-electron chi connectivity index (χ0n) is 12.4. The number of piperidine rings is 1. The monoisotopic (exact) mass is 286 g/mol. The minimum atomic E-state index is 0.485. The van der Waals surface area contributed by atoms with E-state index < -0.39 is 0 Å². The van der Waals surface area contributed by atoms with Gasteiger partial charge in [-0.05, 0) is 43.5 Å². The normalized spacial score (nSPS) is 15.4. The molecule has 0 amide bonds. The van der Waals surface area contributed by atoms with Crippen LogP contribution in [-0.2, 0) is 11.3 Å². The van der Waals surface area contributed by atoms with Crippen molar-refractivity contribution in [3.8, 4) is 0 Å². The van der Waals surface area contributed by atoms with Gasteiger partial charge in [-0.3, -0.25) is 10.8 Å². The van der Waals surface area contributed by atoms with Crippen molar-refractivity contribution in [1.29, 1.82) is 0 Å².